The summed E-state index contributed by atoms with van der Waals surface area (Å²) in [5, 5.41) is 14.4. The Hall–Kier alpha value is -4.62. The summed E-state index contributed by atoms with van der Waals surface area (Å²) >= 11 is 0. The summed E-state index contributed by atoms with van der Waals surface area (Å²) < 4.78 is 10.5. The predicted octanol–water partition coefficient (Wildman–Crippen LogP) is 4.64. The minimum Gasteiger partial charge on any atom is -0.435 e. The highest BCUT2D eigenvalue weighted by Gasteiger charge is 2.34. The number of anilines is 1. The third-order valence-corrected chi connectivity index (χ3v) is 9.63. The number of urea groups is 1. The van der Waals surface area contributed by atoms with E-state index in [9.17, 15) is 14.4 Å². The molecule has 2 N–H and O–H groups in total. The number of aryl methyl sites for hydroxylation is 1. The molecule has 13 heteroatoms. The van der Waals surface area contributed by atoms with E-state index in [4.69, 9.17) is 9.47 Å². The van der Waals surface area contributed by atoms with Crippen LogP contribution in [0.5, 0.6) is 0 Å². The highest BCUT2D eigenvalue weighted by molar-refractivity contribution is 5.89. The molecule has 0 bridgehead atoms. The van der Waals surface area contributed by atoms with Crippen molar-refractivity contribution >= 4 is 40.8 Å². The van der Waals surface area contributed by atoms with Crippen molar-refractivity contribution < 1.29 is 23.9 Å². The maximum absolute atomic E-state index is 14.4. The van der Waals surface area contributed by atoms with Crippen molar-refractivity contribution in [2.45, 2.75) is 58.5 Å². The molecule has 270 valence electrons. The van der Waals surface area contributed by atoms with Gasteiger partial charge in [-0.15, -0.1) is 0 Å². The van der Waals surface area contributed by atoms with Gasteiger partial charge in [0.2, 0.25) is 5.91 Å². The number of benzene rings is 2. The molecule has 2 aliphatic heterocycles. The molecule has 0 aliphatic carbocycles. The quantitative estimate of drug-likeness (QED) is 0.150. The number of para-hydroxylation sites is 1. The number of likely N-dealkylation sites (tertiary alicyclic amines) is 1. The first-order valence-electron chi connectivity index (χ1n) is 17.7. The second kappa shape index (κ2) is 17.3. The molecule has 0 spiro atoms. The summed E-state index contributed by atoms with van der Waals surface area (Å²) in [6, 6.07) is 10.7. The highest BCUT2D eigenvalue weighted by Crippen LogP contribution is 2.25. The van der Waals surface area contributed by atoms with Crippen LogP contribution < -0.4 is 10.3 Å². The number of rotatable bonds is 13. The molecule has 5 rings (SSSR count). The lowest BCUT2D eigenvalue weighted by Gasteiger charge is -2.43. The van der Waals surface area contributed by atoms with Gasteiger partial charge in [0.1, 0.15) is 6.04 Å². The Bertz CT molecular complexity index is 1610. The lowest BCUT2D eigenvalue weighted by atomic mass is 10.00. The first kappa shape index (κ1) is 36.7. The smallest absolute Gasteiger partial charge is 0.435 e. The standard InChI is InChI=1S/C37H52N8O5/c1-6-15-44(45(26-50-37(48)49-8-3)33-12-10-9-11-29(33)7-2)36(47)39-32(24-28-22-27(4)34-30(23-28)25-38-40-34)35(46)43-20-18-42(19-21-43)31-13-16-41(5)17-14-31/h7,9-12,22-23,25,31-32H,2,6,8,13-21,24,26H2,1,3-5H3,(H,38,40)(H,39,47)/t32-/m1/s1. The molecule has 3 aromatic rings. The number of nitrogens with one attached hydrogen (secondary N) is 2. The van der Waals surface area contributed by atoms with Gasteiger partial charge in [0.25, 0.3) is 0 Å². The van der Waals surface area contributed by atoms with E-state index in [2.05, 4.69) is 38.9 Å². The topological polar surface area (TPSA) is 127 Å². The first-order chi connectivity index (χ1) is 24.2. The SMILES string of the molecule is C=Cc1ccccc1N(COC(=O)OCC)N(CCC)C(=O)N[C@H](Cc1cc(C)c2[nH]ncc2c1)C(=O)N1CCN(C2CCN(C)CC2)CC1. The van der Waals surface area contributed by atoms with E-state index < -0.39 is 18.2 Å². The van der Waals surface area contributed by atoms with E-state index in [0.717, 1.165) is 66.6 Å². The van der Waals surface area contributed by atoms with E-state index >= 15 is 0 Å². The zero-order chi connectivity index (χ0) is 35.6. The van der Waals surface area contributed by atoms with Crippen LogP contribution in [-0.4, -0.2) is 126 Å². The van der Waals surface area contributed by atoms with Gasteiger partial charge < -0.3 is 24.6 Å². The second-order valence-corrected chi connectivity index (χ2v) is 13.1. The summed E-state index contributed by atoms with van der Waals surface area (Å²) in [6.07, 6.45) is 5.78. The van der Waals surface area contributed by atoms with Gasteiger partial charge in [0, 0.05) is 50.6 Å². The number of ether oxygens (including phenoxy) is 2. The van der Waals surface area contributed by atoms with Crippen LogP contribution in [0.4, 0.5) is 15.3 Å². The molecule has 3 heterocycles. The lowest BCUT2D eigenvalue weighted by Crippen LogP contribution is -2.60. The van der Waals surface area contributed by atoms with Crippen molar-refractivity contribution in [3.63, 3.8) is 0 Å². The predicted molar refractivity (Wildman–Crippen MR) is 195 cm³/mol. The molecule has 13 nitrogen and oxygen atoms in total. The normalized spacial score (nSPS) is 16.5. The third kappa shape index (κ3) is 8.94. The van der Waals surface area contributed by atoms with Crippen molar-refractivity contribution in [1.29, 1.82) is 0 Å². The fourth-order valence-corrected chi connectivity index (χ4v) is 6.96. The minimum absolute atomic E-state index is 0.122. The van der Waals surface area contributed by atoms with Crippen molar-refractivity contribution in [1.82, 2.24) is 35.2 Å². The van der Waals surface area contributed by atoms with E-state index in [-0.39, 0.29) is 19.2 Å². The number of hydrogen-bond acceptors (Lipinski definition) is 9. The minimum atomic E-state index is -0.845. The average molecular weight is 689 g/mol. The molecule has 0 radical (unpaired) electrons. The Labute approximate surface area is 295 Å². The molecule has 2 saturated heterocycles. The molecular formula is C37H52N8O5. The van der Waals surface area contributed by atoms with Crippen LogP contribution in [0, 0.1) is 6.92 Å². The third-order valence-electron chi connectivity index (χ3n) is 9.63. The number of aromatic nitrogens is 2. The Balaban J connectivity index is 1.40. The van der Waals surface area contributed by atoms with E-state index in [0.29, 0.717) is 44.2 Å². The molecule has 50 heavy (non-hydrogen) atoms. The van der Waals surface area contributed by atoms with E-state index in [1.54, 1.807) is 24.2 Å². The van der Waals surface area contributed by atoms with Crippen LogP contribution in [0.15, 0.2) is 49.2 Å². The molecule has 2 aliphatic rings. The van der Waals surface area contributed by atoms with Crippen molar-refractivity contribution in [2.24, 2.45) is 0 Å². The zero-order valence-corrected chi connectivity index (χ0v) is 29.9. The van der Waals surface area contributed by atoms with Gasteiger partial charge in [0.05, 0.1) is 24.0 Å². The molecule has 2 fully saturated rings. The summed E-state index contributed by atoms with van der Waals surface area (Å²) in [6.45, 7) is 14.7. The maximum atomic E-state index is 14.4. The zero-order valence-electron chi connectivity index (χ0n) is 29.9. The Morgan fingerprint density at radius 3 is 2.52 bits per heavy atom. The van der Waals surface area contributed by atoms with Gasteiger partial charge in [-0.2, -0.15) is 5.10 Å². The fraction of sp³-hybridized carbons (Fsp3) is 0.514. The van der Waals surface area contributed by atoms with Gasteiger partial charge in [-0.1, -0.05) is 43.8 Å². The fourth-order valence-electron chi connectivity index (χ4n) is 6.96. The van der Waals surface area contributed by atoms with Crippen LogP contribution in [0.2, 0.25) is 0 Å². The molecule has 1 atom stereocenters. The van der Waals surface area contributed by atoms with Crippen molar-refractivity contribution in [3.8, 4) is 0 Å². The number of hydrazine groups is 1. The molecule has 0 unspecified atom stereocenters. The summed E-state index contributed by atoms with van der Waals surface area (Å²) in [7, 11) is 2.17. The first-order valence-corrected chi connectivity index (χ1v) is 17.7. The molecule has 3 amide bonds. The van der Waals surface area contributed by atoms with Crippen LogP contribution >= 0.6 is 0 Å². The number of carbonyl (C=O) groups is 3. The summed E-state index contributed by atoms with van der Waals surface area (Å²) in [5.41, 5.74) is 4.23. The van der Waals surface area contributed by atoms with Crippen molar-refractivity contribution in [2.75, 3.05) is 71.2 Å². The lowest BCUT2D eigenvalue weighted by molar-refractivity contribution is -0.135. The number of aromatic amines is 1. The van der Waals surface area contributed by atoms with E-state index in [1.807, 2.05) is 55.1 Å². The number of carbonyl (C=O) groups excluding carboxylic acids is 3. The van der Waals surface area contributed by atoms with Crippen LogP contribution in [-0.2, 0) is 20.7 Å². The van der Waals surface area contributed by atoms with Crippen molar-refractivity contribution in [3.05, 3.63) is 65.9 Å². The number of amides is 3. The second-order valence-electron chi connectivity index (χ2n) is 13.1. The Morgan fingerprint density at radius 2 is 1.82 bits per heavy atom. The van der Waals surface area contributed by atoms with Gasteiger partial charge in [0.15, 0.2) is 6.73 Å². The van der Waals surface area contributed by atoms with Crippen LogP contribution in [0.1, 0.15) is 49.8 Å². The van der Waals surface area contributed by atoms with E-state index in [1.165, 1.54) is 5.01 Å². The average Bonchev–Trinajstić information content (AvgIpc) is 3.61. The highest BCUT2D eigenvalue weighted by atomic mass is 16.7. The van der Waals surface area contributed by atoms with Gasteiger partial charge in [-0.3, -0.25) is 14.8 Å². The molecular weight excluding hydrogens is 636 g/mol. The van der Waals surface area contributed by atoms with Gasteiger partial charge >= 0.3 is 12.2 Å². The van der Waals surface area contributed by atoms with Crippen LogP contribution in [0.25, 0.3) is 17.0 Å². The number of hydrogen-bond donors (Lipinski definition) is 2. The maximum Gasteiger partial charge on any atom is 0.510 e. The molecule has 1 aromatic heterocycles. The Morgan fingerprint density at radius 1 is 1.08 bits per heavy atom. The molecule has 2 aromatic carbocycles. The number of H-pyrrole nitrogens is 1. The summed E-state index contributed by atoms with van der Waals surface area (Å²) in [4.78, 5) is 47.9. The number of piperazine rings is 1. The number of piperidine rings is 1. The van der Waals surface area contributed by atoms with Gasteiger partial charge in [-0.05, 0) is 82.1 Å². The number of nitrogens with zero attached hydrogens (tertiary/aromatic N) is 6. The monoisotopic (exact) mass is 688 g/mol. The molecule has 0 saturated carbocycles. The van der Waals surface area contributed by atoms with Gasteiger partial charge in [-0.25, -0.2) is 19.6 Å². The summed E-state index contributed by atoms with van der Waals surface area (Å²) in [5.74, 6) is -0.122. The Kier molecular flexibility index (Phi) is 12.7. The van der Waals surface area contributed by atoms with Crippen LogP contribution in [0.3, 0.4) is 0 Å². The number of fused-ring (bicyclic) bond motifs is 1. The largest absolute Gasteiger partial charge is 0.510 e.